The van der Waals surface area contributed by atoms with E-state index in [0.717, 1.165) is 4.31 Å². The number of sulfonamides is 1. The Balaban J connectivity index is 2.07. The zero-order valence-electron chi connectivity index (χ0n) is 22.1. The summed E-state index contributed by atoms with van der Waals surface area (Å²) in [6.07, 6.45) is 0.685. The molecule has 0 saturated heterocycles. The monoisotopic (exact) mass is 643 g/mol. The molecule has 3 aromatic rings. The molecule has 0 saturated carbocycles. The van der Waals surface area contributed by atoms with Crippen LogP contribution in [0.2, 0.25) is 20.1 Å². The van der Waals surface area contributed by atoms with Crippen LogP contribution in [-0.4, -0.2) is 43.8 Å². The molecule has 3 aromatic carbocycles. The number of carbonyl (C=O) groups is 2. The van der Waals surface area contributed by atoms with E-state index < -0.39 is 34.4 Å². The van der Waals surface area contributed by atoms with E-state index in [9.17, 15) is 18.0 Å². The molecule has 7 nitrogen and oxygen atoms in total. The number of amides is 2. The molecule has 0 fully saturated rings. The van der Waals surface area contributed by atoms with Gasteiger partial charge in [0.05, 0.1) is 10.6 Å². The molecule has 40 heavy (non-hydrogen) atoms. The first kappa shape index (κ1) is 32.0. The molecule has 0 spiro atoms. The van der Waals surface area contributed by atoms with Gasteiger partial charge in [-0.05, 0) is 74.9 Å². The standard InChI is InChI=1S/C28H29Cl4N3O4S/c1-4-18(2)33-28(37)19(3)34(16-24-25(31)9-6-10-26(24)32)27(36)17-35(22-8-5-7-21(30)15-22)40(38,39)23-13-11-20(29)12-14-23/h5-15,18-19H,4,16-17H2,1-3H3,(H,33,37). The summed E-state index contributed by atoms with van der Waals surface area (Å²) < 4.78 is 28.6. The summed E-state index contributed by atoms with van der Waals surface area (Å²) in [5.41, 5.74) is 0.598. The number of nitrogens with one attached hydrogen (secondary N) is 1. The van der Waals surface area contributed by atoms with Crippen molar-refractivity contribution in [3.63, 3.8) is 0 Å². The minimum absolute atomic E-state index is 0.0760. The van der Waals surface area contributed by atoms with Crippen molar-refractivity contribution < 1.29 is 18.0 Å². The highest BCUT2D eigenvalue weighted by atomic mass is 35.5. The van der Waals surface area contributed by atoms with Gasteiger partial charge in [0.2, 0.25) is 11.8 Å². The Morgan fingerprint density at radius 1 is 0.875 bits per heavy atom. The number of nitrogens with zero attached hydrogens (tertiary/aromatic N) is 2. The van der Waals surface area contributed by atoms with Gasteiger partial charge < -0.3 is 10.2 Å². The van der Waals surface area contributed by atoms with Gasteiger partial charge in [-0.2, -0.15) is 0 Å². The molecule has 0 aliphatic heterocycles. The first-order valence-corrected chi connectivity index (χ1v) is 15.4. The number of carbonyl (C=O) groups excluding carboxylic acids is 2. The van der Waals surface area contributed by atoms with Crippen LogP contribution in [0.25, 0.3) is 0 Å². The smallest absolute Gasteiger partial charge is 0.264 e. The molecule has 0 aromatic heterocycles. The van der Waals surface area contributed by atoms with Crippen molar-refractivity contribution in [1.29, 1.82) is 0 Å². The Kier molecular flexibility index (Phi) is 11.1. The normalized spacial score (nSPS) is 12.9. The first-order chi connectivity index (χ1) is 18.8. The van der Waals surface area contributed by atoms with Gasteiger partial charge in [-0.3, -0.25) is 13.9 Å². The minimum Gasteiger partial charge on any atom is -0.352 e. The van der Waals surface area contributed by atoms with Crippen molar-refractivity contribution in [1.82, 2.24) is 10.2 Å². The second kappa shape index (κ2) is 13.9. The molecule has 0 heterocycles. The topological polar surface area (TPSA) is 86.8 Å². The van der Waals surface area contributed by atoms with E-state index in [1.807, 2.05) is 13.8 Å². The fourth-order valence-electron chi connectivity index (χ4n) is 3.80. The van der Waals surface area contributed by atoms with Gasteiger partial charge >= 0.3 is 0 Å². The maximum atomic E-state index is 14.0. The minimum atomic E-state index is -4.26. The molecule has 0 aliphatic carbocycles. The van der Waals surface area contributed by atoms with Crippen molar-refractivity contribution >= 4 is 73.9 Å². The Morgan fingerprint density at radius 2 is 1.48 bits per heavy atom. The number of benzene rings is 3. The number of hydrogen-bond donors (Lipinski definition) is 1. The number of rotatable bonds is 11. The number of halogens is 4. The molecule has 0 bridgehead atoms. The lowest BCUT2D eigenvalue weighted by atomic mass is 10.1. The fourth-order valence-corrected chi connectivity index (χ4v) is 6.03. The SMILES string of the molecule is CCC(C)NC(=O)C(C)N(Cc1c(Cl)cccc1Cl)C(=O)CN(c1cccc(Cl)c1)S(=O)(=O)c1ccc(Cl)cc1. The van der Waals surface area contributed by atoms with Crippen LogP contribution in [0, 0.1) is 0 Å². The molecule has 214 valence electrons. The Hall–Kier alpha value is -2.49. The van der Waals surface area contributed by atoms with E-state index in [-0.39, 0.29) is 28.2 Å². The Labute approximate surface area is 255 Å². The third kappa shape index (κ3) is 7.83. The molecular formula is C28H29Cl4N3O4S. The molecule has 2 amide bonds. The van der Waals surface area contributed by atoms with E-state index in [2.05, 4.69) is 5.32 Å². The highest BCUT2D eigenvalue weighted by molar-refractivity contribution is 7.92. The maximum absolute atomic E-state index is 14.0. The van der Waals surface area contributed by atoms with Crippen LogP contribution in [0.15, 0.2) is 71.6 Å². The molecule has 2 unspecified atom stereocenters. The van der Waals surface area contributed by atoms with Gasteiger partial charge in [-0.25, -0.2) is 8.42 Å². The average molecular weight is 645 g/mol. The third-order valence-electron chi connectivity index (χ3n) is 6.34. The van der Waals surface area contributed by atoms with Crippen LogP contribution in [-0.2, 0) is 26.2 Å². The van der Waals surface area contributed by atoms with E-state index in [1.165, 1.54) is 41.3 Å². The van der Waals surface area contributed by atoms with Gasteiger partial charge in [0.1, 0.15) is 12.6 Å². The third-order valence-corrected chi connectivity index (χ3v) is 9.32. The predicted octanol–water partition coefficient (Wildman–Crippen LogP) is 6.83. The van der Waals surface area contributed by atoms with Crippen LogP contribution in [0.1, 0.15) is 32.8 Å². The average Bonchev–Trinajstić information content (AvgIpc) is 2.91. The lowest BCUT2D eigenvalue weighted by molar-refractivity contribution is -0.139. The second-order valence-electron chi connectivity index (χ2n) is 9.16. The lowest BCUT2D eigenvalue weighted by Gasteiger charge is -2.33. The van der Waals surface area contributed by atoms with Crippen molar-refractivity contribution in [3.8, 4) is 0 Å². The quantitative estimate of drug-likeness (QED) is 0.248. The molecule has 3 rings (SSSR count). The zero-order chi connectivity index (χ0) is 29.6. The molecule has 12 heteroatoms. The van der Waals surface area contributed by atoms with Crippen LogP contribution in [0.5, 0.6) is 0 Å². The molecule has 0 radical (unpaired) electrons. The Bertz CT molecular complexity index is 1450. The Morgan fingerprint density at radius 3 is 2.05 bits per heavy atom. The van der Waals surface area contributed by atoms with Crippen molar-refractivity contribution in [2.75, 3.05) is 10.8 Å². The van der Waals surface area contributed by atoms with E-state index in [4.69, 9.17) is 46.4 Å². The van der Waals surface area contributed by atoms with Crippen molar-refractivity contribution in [2.45, 2.75) is 50.7 Å². The molecule has 0 aliphatic rings. The van der Waals surface area contributed by atoms with Crippen LogP contribution < -0.4 is 9.62 Å². The molecular weight excluding hydrogens is 616 g/mol. The van der Waals surface area contributed by atoms with Crippen LogP contribution in [0.4, 0.5) is 5.69 Å². The largest absolute Gasteiger partial charge is 0.352 e. The molecule has 1 N–H and O–H groups in total. The second-order valence-corrected chi connectivity index (χ2v) is 12.7. The van der Waals surface area contributed by atoms with Crippen molar-refractivity contribution in [3.05, 3.63) is 92.4 Å². The highest BCUT2D eigenvalue weighted by Crippen LogP contribution is 2.29. The van der Waals surface area contributed by atoms with Gasteiger partial charge in [-0.15, -0.1) is 0 Å². The summed E-state index contributed by atoms with van der Waals surface area (Å²) in [5.74, 6) is -1.05. The number of hydrogen-bond acceptors (Lipinski definition) is 4. The summed E-state index contributed by atoms with van der Waals surface area (Å²) >= 11 is 25.0. The maximum Gasteiger partial charge on any atom is 0.264 e. The van der Waals surface area contributed by atoms with Crippen LogP contribution >= 0.6 is 46.4 Å². The summed E-state index contributed by atoms with van der Waals surface area (Å²) in [4.78, 5) is 28.3. The predicted molar refractivity (Wildman–Crippen MR) is 162 cm³/mol. The summed E-state index contributed by atoms with van der Waals surface area (Å²) in [5, 5.41) is 4.12. The summed E-state index contributed by atoms with van der Waals surface area (Å²) in [6, 6.07) is 15.5. The summed E-state index contributed by atoms with van der Waals surface area (Å²) in [6.45, 7) is 4.58. The zero-order valence-corrected chi connectivity index (χ0v) is 25.9. The van der Waals surface area contributed by atoms with Crippen molar-refractivity contribution in [2.24, 2.45) is 0 Å². The van der Waals surface area contributed by atoms with E-state index in [1.54, 1.807) is 37.3 Å². The first-order valence-electron chi connectivity index (χ1n) is 12.4. The number of anilines is 1. The fraction of sp³-hybridized carbons (Fsp3) is 0.286. The lowest BCUT2D eigenvalue weighted by Crippen LogP contribution is -2.52. The molecule has 2 atom stereocenters. The highest BCUT2D eigenvalue weighted by Gasteiger charge is 2.33. The van der Waals surface area contributed by atoms with E-state index >= 15 is 0 Å². The van der Waals surface area contributed by atoms with Gasteiger partial charge in [0, 0.05) is 38.2 Å². The summed E-state index contributed by atoms with van der Waals surface area (Å²) in [7, 11) is -4.26. The van der Waals surface area contributed by atoms with Gasteiger partial charge in [0.25, 0.3) is 10.0 Å². The van der Waals surface area contributed by atoms with Crippen LogP contribution in [0.3, 0.4) is 0 Å². The van der Waals surface area contributed by atoms with E-state index in [0.29, 0.717) is 27.1 Å². The van der Waals surface area contributed by atoms with Gasteiger partial charge in [0.15, 0.2) is 0 Å². The van der Waals surface area contributed by atoms with Gasteiger partial charge in [-0.1, -0.05) is 65.5 Å².